The Labute approximate surface area is 205 Å². The Bertz CT molecular complexity index is 1140. The molecule has 2 aliphatic carbocycles. The average molecular weight is 507 g/mol. The Morgan fingerprint density at radius 2 is 1.03 bits per heavy atom. The average Bonchev–Trinajstić information content (AvgIpc) is 2.67. The van der Waals surface area contributed by atoms with Crippen LogP contribution in [0.4, 0.5) is 26.3 Å². The lowest BCUT2D eigenvalue weighted by Gasteiger charge is -2.21. The molecule has 0 atom stereocenters. The van der Waals surface area contributed by atoms with Gasteiger partial charge in [-0.15, -0.1) is 0 Å². The van der Waals surface area contributed by atoms with Gasteiger partial charge in [0.1, 0.15) is 0 Å². The molecule has 0 spiro atoms. The molecular formula is C28H24F6S. The van der Waals surface area contributed by atoms with Crippen LogP contribution >= 0.6 is 11.8 Å². The zero-order valence-electron chi connectivity index (χ0n) is 19.4. The van der Waals surface area contributed by atoms with E-state index in [9.17, 15) is 26.3 Å². The maximum Gasteiger partial charge on any atom is 0.417 e. The van der Waals surface area contributed by atoms with Crippen LogP contribution in [0.25, 0.3) is 0 Å². The Hall–Kier alpha value is -2.51. The fourth-order valence-electron chi connectivity index (χ4n) is 4.10. The first-order valence-corrected chi connectivity index (χ1v) is 12.4. The molecule has 0 aromatic heterocycles. The molecule has 0 bridgehead atoms. The number of hydrogen-bond donors (Lipinski definition) is 0. The molecule has 2 aliphatic rings. The van der Waals surface area contributed by atoms with E-state index in [2.05, 4.69) is 23.7 Å². The standard InChI is InChI=1S/C28H24F6S/c1-17-9-15-23(21(25(17)27(29,30)31)13-11-19-5-3-6-19)35-24-16-10-18(2)26(28(32,33)34)22(24)14-12-20-7-4-8-20/h9-10,15-16,19-20H,3-8H2,1-2H3. The van der Waals surface area contributed by atoms with E-state index in [1.807, 2.05) is 0 Å². The van der Waals surface area contributed by atoms with E-state index in [0.717, 1.165) is 50.3 Å². The summed E-state index contributed by atoms with van der Waals surface area (Å²) in [5.74, 6) is 11.5. The summed E-state index contributed by atoms with van der Waals surface area (Å²) in [7, 11) is 0. The minimum Gasteiger partial charge on any atom is -0.166 e. The Morgan fingerprint density at radius 3 is 1.31 bits per heavy atom. The predicted octanol–water partition coefficient (Wildman–Crippen LogP) is 8.80. The van der Waals surface area contributed by atoms with Crippen LogP contribution in [-0.2, 0) is 12.4 Å². The highest BCUT2D eigenvalue weighted by molar-refractivity contribution is 7.99. The lowest BCUT2D eigenvalue weighted by molar-refractivity contribution is -0.139. The Morgan fingerprint density at radius 1 is 0.657 bits per heavy atom. The van der Waals surface area contributed by atoms with Gasteiger partial charge in [-0.2, -0.15) is 26.3 Å². The maximum absolute atomic E-state index is 14.0. The molecule has 0 nitrogen and oxygen atoms in total. The van der Waals surface area contributed by atoms with Gasteiger partial charge in [-0.3, -0.25) is 0 Å². The van der Waals surface area contributed by atoms with Crippen LogP contribution in [0.15, 0.2) is 34.1 Å². The van der Waals surface area contributed by atoms with E-state index in [1.54, 1.807) is 0 Å². The van der Waals surface area contributed by atoms with Crippen molar-refractivity contribution in [2.45, 2.75) is 74.5 Å². The molecule has 7 heteroatoms. The van der Waals surface area contributed by atoms with Crippen LogP contribution in [0.1, 0.15) is 71.9 Å². The summed E-state index contributed by atoms with van der Waals surface area (Å²) >= 11 is 0.868. The van der Waals surface area contributed by atoms with Gasteiger partial charge >= 0.3 is 12.4 Å². The number of benzene rings is 2. The van der Waals surface area contributed by atoms with Crippen LogP contribution in [0.5, 0.6) is 0 Å². The van der Waals surface area contributed by atoms with Gasteiger partial charge in [0.2, 0.25) is 0 Å². The number of alkyl halides is 6. The van der Waals surface area contributed by atoms with Crippen molar-refractivity contribution in [1.82, 2.24) is 0 Å². The summed E-state index contributed by atoms with van der Waals surface area (Å²) in [5.41, 5.74) is -1.96. The monoisotopic (exact) mass is 506 g/mol. The van der Waals surface area contributed by atoms with E-state index in [0.29, 0.717) is 0 Å². The van der Waals surface area contributed by atoms with Crippen molar-refractivity contribution >= 4 is 11.8 Å². The second-order valence-corrected chi connectivity index (χ2v) is 10.2. The second-order valence-electron chi connectivity index (χ2n) is 9.15. The fraction of sp³-hybridized carbons (Fsp3) is 0.429. The minimum atomic E-state index is -4.64. The van der Waals surface area contributed by atoms with Crippen molar-refractivity contribution in [2.24, 2.45) is 11.8 Å². The molecule has 184 valence electrons. The lowest BCUT2D eigenvalue weighted by Crippen LogP contribution is -2.13. The van der Waals surface area contributed by atoms with Gasteiger partial charge in [-0.05, 0) is 62.8 Å². The van der Waals surface area contributed by atoms with E-state index < -0.39 is 23.5 Å². The van der Waals surface area contributed by atoms with Crippen molar-refractivity contribution in [3.8, 4) is 23.7 Å². The quantitative estimate of drug-likeness (QED) is 0.290. The highest BCUT2D eigenvalue weighted by Crippen LogP contribution is 2.44. The zero-order valence-corrected chi connectivity index (χ0v) is 20.2. The molecule has 35 heavy (non-hydrogen) atoms. The summed E-state index contributed by atoms with van der Waals surface area (Å²) in [6.07, 6.45) is -3.91. The molecule has 0 heterocycles. The van der Waals surface area contributed by atoms with Crippen molar-refractivity contribution in [2.75, 3.05) is 0 Å². The fourth-order valence-corrected chi connectivity index (χ4v) is 5.12. The van der Waals surface area contributed by atoms with Crippen LogP contribution in [0, 0.1) is 49.4 Å². The third-order valence-corrected chi connectivity index (χ3v) is 7.67. The summed E-state index contributed by atoms with van der Waals surface area (Å²) in [4.78, 5) is 0.358. The molecule has 2 saturated carbocycles. The van der Waals surface area contributed by atoms with Crippen molar-refractivity contribution in [1.29, 1.82) is 0 Å². The van der Waals surface area contributed by atoms with Gasteiger partial charge < -0.3 is 0 Å². The lowest BCUT2D eigenvalue weighted by atomic mass is 9.86. The third kappa shape index (κ3) is 5.67. The van der Waals surface area contributed by atoms with Gasteiger partial charge in [0, 0.05) is 21.6 Å². The molecule has 0 N–H and O–H groups in total. The molecule has 0 radical (unpaired) electrons. The molecule has 4 rings (SSSR count). The number of halogens is 6. The summed E-state index contributed by atoms with van der Waals surface area (Å²) < 4.78 is 84.0. The van der Waals surface area contributed by atoms with Gasteiger partial charge in [0.05, 0.1) is 22.3 Å². The number of aryl methyl sites for hydroxylation is 2. The number of hydrogen-bond acceptors (Lipinski definition) is 1. The number of rotatable bonds is 2. The van der Waals surface area contributed by atoms with E-state index >= 15 is 0 Å². The van der Waals surface area contributed by atoms with E-state index in [-0.39, 0.29) is 43.9 Å². The van der Waals surface area contributed by atoms with Gasteiger partial charge in [0.25, 0.3) is 0 Å². The van der Waals surface area contributed by atoms with Gasteiger partial charge in [-0.1, -0.05) is 60.4 Å². The Kier molecular flexibility index (Phi) is 7.21. The normalized spacial score (nSPS) is 16.5. The highest BCUT2D eigenvalue weighted by atomic mass is 32.2. The van der Waals surface area contributed by atoms with Crippen LogP contribution in [-0.4, -0.2) is 0 Å². The SMILES string of the molecule is Cc1ccc(Sc2ccc(C)c(C(F)(F)F)c2C#CC2CCC2)c(C#CC2CCC2)c1C(F)(F)F. The van der Waals surface area contributed by atoms with E-state index in [1.165, 1.54) is 38.1 Å². The van der Waals surface area contributed by atoms with Crippen LogP contribution < -0.4 is 0 Å². The molecule has 0 aliphatic heterocycles. The smallest absolute Gasteiger partial charge is 0.166 e. The molecule has 0 saturated heterocycles. The van der Waals surface area contributed by atoms with Crippen LogP contribution in [0.3, 0.4) is 0 Å². The molecule has 0 amide bonds. The first-order chi connectivity index (χ1) is 16.4. The topological polar surface area (TPSA) is 0 Å². The van der Waals surface area contributed by atoms with Crippen molar-refractivity contribution in [3.63, 3.8) is 0 Å². The third-order valence-electron chi connectivity index (χ3n) is 6.55. The molecule has 2 aromatic carbocycles. The largest absolute Gasteiger partial charge is 0.417 e. The van der Waals surface area contributed by atoms with Crippen molar-refractivity contribution < 1.29 is 26.3 Å². The van der Waals surface area contributed by atoms with Crippen molar-refractivity contribution in [3.05, 3.63) is 57.6 Å². The first kappa shape index (κ1) is 25.6. The molecule has 2 aromatic rings. The maximum atomic E-state index is 14.0. The molecule has 2 fully saturated rings. The van der Waals surface area contributed by atoms with Gasteiger partial charge in [0.15, 0.2) is 0 Å². The first-order valence-electron chi connectivity index (χ1n) is 11.6. The van der Waals surface area contributed by atoms with E-state index in [4.69, 9.17) is 0 Å². The zero-order chi connectivity index (χ0) is 25.4. The highest BCUT2D eigenvalue weighted by Gasteiger charge is 2.38. The molecule has 0 unspecified atom stereocenters. The summed E-state index contributed by atoms with van der Waals surface area (Å²) in [6, 6.07) is 5.71. The van der Waals surface area contributed by atoms with Crippen LogP contribution in [0.2, 0.25) is 0 Å². The van der Waals surface area contributed by atoms with Gasteiger partial charge in [-0.25, -0.2) is 0 Å². The summed E-state index contributed by atoms with van der Waals surface area (Å²) in [6.45, 7) is 2.74. The second kappa shape index (κ2) is 9.86. The Balaban J connectivity index is 1.86. The minimum absolute atomic E-state index is 0.0321. The molecular weight excluding hydrogens is 482 g/mol. The predicted molar refractivity (Wildman–Crippen MR) is 125 cm³/mol. The summed E-state index contributed by atoms with van der Waals surface area (Å²) in [5, 5.41) is 0.